The zero-order valence-corrected chi connectivity index (χ0v) is 13.1. The standard InChI is InChI=1S/C18H25N3/c1-3-14-9-10-21(13-14)18-17-8-6-5-7-15(17)11-16(20-18)12-19-4-2/h5-8,11,14,19H,3-4,9-10,12-13H2,1-2H3. The van der Waals surface area contributed by atoms with Crippen LogP contribution >= 0.6 is 0 Å². The summed E-state index contributed by atoms with van der Waals surface area (Å²) < 4.78 is 0. The first-order valence-corrected chi connectivity index (χ1v) is 8.16. The van der Waals surface area contributed by atoms with E-state index in [4.69, 9.17) is 4.98 Å². The minimum Gasteiger partial charge on any atom is -0.356 e. The third-order valence-electron chi connectivity index (χ3n) is 4.49. The zero-order chi connectivity index (χ0) is 14.7. The first-order chi connectivity index (χ1) is 10.3. The molecule has 1 aliphatic rings. The second-order valence-corrected chi connectivity index (χ2v) is 5.95. The molecule has 1 saturated heterocycles. The molecule has 3 nitrogen and oxygen atoms in total. The number of hydrogen-bond acceptors (Lipinski definition) is 3. The molecule has 1 aliphatic heterocycles. The SMILES string of the molecule is CCNCc1cc2ccccc2c(N2CCC(CC)C2)n1. The minimum atomic E-state index is 0.822. The molecule has 21 heavy (non-hydrogen) atoms. The van der Waals surface area contributed by atoms with E-state index in [2.05, 4.69) is 54.4 Å². The van der Waals surface area contributed by atoms with Gasteiger partial charge in [0.1, 0.15) is 5.82 Å². The Kier molecular flexibility index (Phi) is 4.39. The molecular weight excluding hydrogens is 258 g/mol. The van der Waals surface area contributed by atoms with E-state index in [-0.39, 0.29) is 0 Å². The average Bonchev–Trinajstić information content (AvgIpc) is 3.01. The van der Waals surface area contributed by atoms with E-state index in [0.717, 1.165) is 37.8 Å². The number of fused-ring (bicyclic) bond motifs is 1. The van der Waals surface area contributed by atoms with Crippen LogP contribution in [0.1, 0.15) is 32.4 Å². The molecule has 112 valence electrons. The van der Waals surface area contributed by atoms with E-state index in [1.165, 1.54) is 29.4 Å². The Labute approximate surface area is 127 Å². The lowest BCUT2D eigenvalue weighted by Crippen LogP contribution is -2.22. The van der Waals surface area contributed by atoms with Gasteiger partial charge in [-0.25, -0.2) is 4.98 Å². The van der Waals surface area contributed by atoms with Crippen molar-refractivity contribution in [2.45, 2.75) is 33.2 Å². The summed E-state index contributed by atoms with van der Waals surface area (Å²) in [6.07, 6.45) is 2.56. The van der Waals surface area contributed by atoms with Crippen LogP contribution in [0.5, 0.6) is 0 Å². The van der Waals surface area contributed by atoms with E-state index in [1.807, 2.05) is 0 Å². The third-order valence-corrected chi connectivity index (χ3v) is 4.49. The van der Waals surface area contributed by atoms with Gasteiger partial charge in [0.25, 0.3) is 0 Å². The fourth-order valence-electron chi connectivity index (χ4n) is 3.18. The zero-order valence-electron chi connectivity index (χ0n) is 13.1. The average molecular weight is 283 g/mol. The van der Waals surface area contributed by atoms with Crippen LogP contribution in [0.4, 0.5) is 5.82 Å². The van der Waals surface area contributed by atoms with E-state index < -0.39 is 0 Å². The number of aromatic nitrogens is 1. The lowest BCUT2D eigenvalue weighted by Gasteiger charge is -2.20. The first-order valence-electron chi connectivity index (χ1n) is 8.16. The van der Waals surface area contributed by atoms with E-state index in [9.17, 15) is 0 Å². The fraction of sp³-hybridized carbons (Fsp3) is 0.500. The Balaban J connectivity index is 1.98. The Morgan fingerprint density at radius 1 is 1.29 bits per heavy atom. The van der Waals surface area contributed by atoms with Gasteiger partial charge in [0.2, 0.25) is 0 Å². The van der Waals surface area contributed by atoms with Gasteiger partial charge >= 0.3 is 0 Å². The summed E-state index contributed by atoms with van der Waals surface area (Å²) in [6.45, 7) is 8.54. The van der Waals surface area contributed by atoms with Crippen molar-refractivity contribution in [3.05, 3.63) is 36.0 Å². The van der Waals surface area contributed by atoms with Crippen molar-refractivity contribution in [1.82, 2.24) is 10.3 Å². The largest absolute Gasteiger partial charge is 0.356 e. The monoisotopic (exact) mass is 283 g/mol. The summed E-state index contributed by atoms with van der Waals surface area (Å²) in [5, 5.41) is 5.97. The first kappa shape index (κ1) is 14.3. The summed E-state index contributed by atoms with van der Waals surface area (Å²) in [5.74, 6) is 2.00. The van der Waals surface area contributed by atoms with Gasteiger partial charge in [-0.05, 0) is 30.3 Å². The highest BCUT2D eigenvalue weighted by Gasteiger charge is 2.23. The third kappa shape index (κ3) is 3.03. The molecule has 3 rings (SSSR count). The molecule has 1 aromatic heterocycles. The number of anilines is 1. The summed E-state index contributed by atoms with van der Waals surface area (Å²) >= 11 is 0. The highest BCUT2D eigenvalue weighted by molar-refractivity contribution is 5.92. The van der Waals surface area contributed by atoms with Crippen molar-refractivity contribution in [3.8, 4) is 0 Å². The molecule has 1 atom stereocenters. The van der Waals surface area contributed by atoms with Crippen molar-refractivity contribution < 1.29 is 0 Å². The van der Waals surface area contributed by atoms with Crippen LogP contribution in [0, 0.1) is 5.92 Å². The van der Waals surface area contributed by atoms with Gasteiger partial charge in [-0.15, -0.1) is 0 Å². The summed E-state index contributed by atoms with van der Waals surface area (Å²) in [5.41, 5.74) is 1.14. The molecular formula is C18H25N3. The number of nitrogens with zero attached hydrogens (tertiary/aromatic N) is 2. The van der Waals surface area contributed by atoms with Crippen LogP contribution < -0.4 is 10.2 Å². The van der Waals surface area contributed by atoms with Crippen LogP contribution in [0.15, 0.2) is 30.3 Å². The van der Waals surface area contributed by atoms with Gasteiger partial charge < -0.3 is 10.2 Å². The number of nitrogens with one attached hydrogen (secondary N) is 1. The molecule has 0 bridgehead atoms. The lowest BCUT2D eigenvalue weighted by molar-refractivity contribution is 0.569. The minimum absolute atomic E-state index is 0.822. The number of pyridine rings is 1. The van der Waals surface area contributed by atoms with Gasteiger partial charge in [-0.2, -0.15) is 0 Å². The van der Waals surface area contributed by atoms with Crippen molar-refractivity contribution >= 4 is 16.6 Å². The maximum atomic E-state index is 4.95. The van der Waals surface area contributed by atoms with Gasteiger partial charge in [-0.3, -0.25) is 0 Å². The topological polar surface area (TPSA) is 28.2 Å². The molecule has 2 aromatic rings. The second kappa shape index (κ2) is 6.44. The van der Waals surface area contributed by atoms with E-state index in [1.54, 1.807) is 0 Å². The van der Waals surface area contributed by atoms with Crippen LogP contribution in [-0.2, 0) is 6.54 Å². The van der Waals surface area contributed by atoms with Crippen molar-refractivity contribution in [1.29, 1.82) is 0 Å². The molecule has 3 heteroatoms. The highest BCUT2D eigenvalue weighted by Crippen LogP contribution is 2.30. The summed E-state index contributed by atoms with van der Waals surface area (Å²) in [7, 11) is 0. The fourth-order valence-corrected chi connectivity index (χ4v) is 3.18. The lowest BCUT2D eigenvalue weighted by atomic mass is 10.1. The number of hydrogen-bond donors (Lipinski definition) is 1. The van der Waals surface area contributed by atoms with Crippen molar-refractivity contribution in [2.75, 3.05) is 24.5 Å². The molecule has 0 aliphatic carbocycles. The Hall–Kier alpha value is -1.61. The van der Waals surface area contributed by atoms with Gasteiger partial charge in [0.05, 0.1) is 5.69 Å². The predicted molar refractivity (Wildman–Crippen MR) is 89.7 cm³/mol. The number of benzene rings is 1. The second-order valence-electron chi connectivity index (χ2n) is 5.95. The smallest absolute Gasteiger partial charge is 0.136 e. The molecule has 0 saturated carbocycles. The molecule has 1 aromatic carbocycles. The highest BCUT2D eigenvalue weighted by atomic mass is 15.2. The molecule has 1 N–H and O–H groups in total. The molecule has 2 heterocycles. The molecule has 0 radical (unpaired) electrons. The molecule has 1 unspecified atom stereocenters. The quantitative estimate of drug-likeness (QED) is 0.909. The maximum absolute atomic E-state index is 4.95. The Morgan fingerprint density at radius 2 is 2.14 bits per heavy atom. The van der Waals surface area contributed by atoms with E-state index in [0.29, 0.717) is 0 Å². The summed E-state index contributed by atoms with van der Waals surface area (Å²) in [6, 6.07) is 10.8. The maximum Gasteiger partial charge on any atom is 0.136 e. The van der Waals surface area contributed by atoms with Gasteiger partial charge in [0, 0.05) is 25.0 Å². The van der Waals surface area contributed by atoms with Gasteiger partial charge in [0.15, 0.2) is 0 Å². The Morgan fingerprint density at radius 3 is 2.90 bits per heavy atom. The van der Waals surface area contributed by atoms with Crippen LogP contribution in [0.2, 0.25) is 0 Å². The van der Waals surface area contributed by atoms with E-state index >= 15 is 0 Å². The van der Waals surface area contributed by atoms with Crippen molar-refractivity contribution in [2.24, 2.45) is 5.92 Å². The summed E-state index contributed by atoms with van der Waals surface area (Å²) in [4.78, 5) is 7.43. The van der Waals surface area contributed by atoms with Crippen LogP contribution in [-0.4, -0.2) is 24.6 Å². The van der Waals surface area contributed by atoms with Gasteiger partial charge in [-0.1, -0.05) is 44.5 Å². The molecule has 0 spiro atoms. The molecule has 1 fully saturated rings. The number of rotatable bonds is 5. The normalized spacial score (nSPS) is 18.6. The van der Waals surface area contributed by atoms with Crippen LogP contribution in [0.3, 0.4) is 0 Å². The Bertz CT molecular complexity index is 608. The predicted octanol–water partition coefficient (Wildman–Crippen LogP) is 3.58. The van der Waals surface area contributed by atoms with Crippen molar-refractivity contribution in [3.63, 3.8) is 0 Å². The van der Waals surface area contributed by atoms with Crippen LogP contribution in [0.25, 0.3) is 10.8 Å². The molecule has 0 amide bonds.